The SMILES string of the molecule is CC.NC(=O)c1ncccn1. The molecule has 1 aromatic rings. The number of carbonyl (C=O) groups excluding carboxylic acids is 1. The number of hydrogen-bond acceptors (Lipinski definition) is 3. The fourth-order valence-corrected chi connectivity index (χ4v) is 0.426. The molecule has 1 heterocycles. The molecule has 0 aliphatic carbocycles. The molecule has 0 unspecified atom stereocenters. The largest absolute Gasteiger partial charge is 0.363 e. The number of amides is 1. The molecule has 0 aliphatic heterocycles. The molecule has 0 aromatic carbocycles. The van der Waals surface area contributed by atoms with E-state index < -0.39 is 5.91 Å². The van der Waals surface area contributed by atoms with Crippen molar-refractivity contribution in [3.05, 3.63) is 24.3 Å². The van der Waals surface area contributed by atoms with Gasteiger partial charge in [-0.3, -0.25) is 4.79 Å². The van der Waals surface area contributed by atoms with Crippen LogP contribution in [0.2, 0.25) is 0 Å². The molecule has 0 atom stereocenters. The van der Waals surface area contributed by atoms with E-state index in [-0.39, 0.29) is 5.82 Å². The molecule has 1 rings (SSSR count). The maximum atomic E-state index is 10.3. The average molecular weight is 153 g/mol. The lowest BCUT2D eigenvalue weighted by Gasteiger charge is -1.87. The van der Waals surface area contributed by atoms with Crippen LogP contribution in [0.3, 0.4) is 0 Å². The van der Waals surface area contributed by atoms with Crippen LogP contribution < -0.4 is 5.73 Å². The van der Waals surface area contributed by atoms with Gasteiger partial charge < -0.3 is 5.73 Å². The Morgan fingerprint density at radius 3 is 2.09 bits per heavy atom. The fraction of sp³-hybridized carbons (Fsp3) is 0.286. The van der Waals surface area contributed by atoms with Crippen molar-refractivity contribution in [1.82, 2.24) is 9.97 Å². The van der Waals surface area contributed by atoms with E-state index in [2.05, 4.69) is 9.97 Å². The second-order valence-electron chi connectivity index (χ2n) is 1.44. The third kappa shape index (κ3) is 3.30. The Labute approximate surface area is 65.5 Å². The van der Waals surface area contributed by atoms with E-state index >= 15 is 0 Å². The van der Waals surface area contributed by atoms with Gasteiger partial charge >= 0.3 is 0 Å². The molecule has 11 heavy (non-hydrogen) atoms. The maximum Gasteiger partial charge on any atom is 0.286 e. The molecular weight excluding hydrogens is 142 g/mol. The molecule has 0 saturated heterocycles. The Morgan fingerprint density at radius 1 is 1.36 bits per heavy atom. The highest BCUT2D eigenvalue weighted by Crippen LogP contribution is 1.82. The Bertz CT molecular complexity index is 210. The van der Waals surface area contributed by atoms with E-state index in [0.29, 0.717) is 0 Å². The van der Waals surface area contributed by atoms with Gasteiger partial charge in [0, 0.05) is 12.4 Å². The topological polar surface area (TPSA) is 68.9 Å². The summed E-state index contributed by atoms with van der Waals surface area (Å²) in [6.45, 7) is 4.00. The molecular formula is C7H11N3O. The molecule has 4 heteroatoms. The molecule has 4 nitrogen and oxygen atoms in total. The Kier molecular flexibility index (Phi) is 4.64. The van der Waals surface area contributed by atoms with E-state index in [9.17, 15) is 4.79 Å². The van der Waals surface area contributed by atoms with E-state index in [1.165, 1.54) is 12.4 Å². The monoisotopic (exact) mass is 153 g/mol. The van der Waals surface area contributed by atoms with Crippen LogP contribution >= 0.6 is 0 Å². The minimum Gasteiger partial charge on any atom is -0.363 e. The summed E-state index contributed by atoms with van der Waals surface area (Å²) in [5.74, 6) is -0.548. The van der Waals surface area contributed by atoms with Crippen molar-refractivity contribution in [2.24, 2.45) is 5.73 Å². The molecule has 60 valence electrons. The molecule has 1 aromatic heterocycles. The zero-order chi connectivity index (χ0) is 8.69. The molecule has 0 saturated carbocycles. The predicted molar refractivity (Wildman–Crippen MR) is 41.9 cm³/mol. The second-order valence-corrected chi connectivity index (χ2v) is 1.44. The van der Waals surface area contributed by atoms with Crippen LogP contribution in [0.1, 0.15) is 24.5 Å². The van der Waals surface area contributed by atoms with Gasteiger partial charge in [0.1, 0.15) is 0 Å². The second kappa shape index (κ2) is 5.34. The Balaban J connectivity index is 0.000000461. The highest BCUT2D eigenvalue weighted by atomic mass is 16.1. The summed E-state index contributed by atoms with van der Waals surface area (Å²) in [5.41, 5.74) is 4.85. The predicted octanol–water partition coefficient (Wildman–Crippen LogP) is 0.602. The van der Waals surface area contributed by atoms with Gasteiger partial charge in [-0.1, -0.05) is 13.8 Å². The number of aromatic nitrogens is 2. The standard InChI is InChI=1S/C5H5N3O.C2H6/c6-4(9)5-7-2-1-3-8-5;1-2/h1-3H,(H2,6,9);1-2H3. The van der Waals surface area contributed by atoms with E-state index in [1.54, 1.807) is 6.07 Å². The van der Waals surface area contributed by atoms with Gasteiger partial charge in [0.05, 0.1) is 0 Å². The summed E-state index contributed by atoms with van der Waals surface area (Å²) in [7, 11) is 0. The minimum atomic E-state index is -0.601. The number of nitrogens with zero attached hydrogens (tertiary/aromatic N) is 2. The Hall–Kier alpha value is -1.45. The van der Waals surface area contributed by atoms with E-state index in [0.717, 1.165) is 0 Å². The third-order valence-corrected chi connectivity index (χ3v) is 0.786. The molecule has 1 amide bonds. The smallest absolute Gasteiger partial charge is 0.286 e. The van der Waals surface area contributed by atoms with Crippen molar-refractivity contribution in [3.8, 4) is 0 Å². The van der Waals surface area contributed by atoms with Gasteiger partial charge in [0.2, 0.25) is 5.82 Å². The van der Waals surface area contributed by atoms with Crippen molar-refractivity contribution in [1.29, 1.82) is 0 Å². The highest BCUT2D eigenvalue weighted by Gasteiger charge is 1.98. The maximum absolute atomic E-state index is 10.3. The van der Waals surface area contributed by atoms with Crippen molar-refractivity contribution >= 4 is 5.91 Å². The lowest BCUT2D eigenvalue weighted by Crippen LogP contribution is -2.14. The van der Waals surface area contributed by atoms with E-state index in [1.807, 2.05) is 13.8 Å². The normalized spacial score (nSPS) is 7.82. The van der Waals surface area contributed by atoms with Crippen molar-refractivity contribution in [3.63, 3.8) is 0 Å². The molecule has 2 N–H and O–H groups in total. The molecule has 0 aliphatic rings. The quantitative estimate of drug-likeness (QED) is 0.642. The summed E-state index contributed by atoms with van der Waals surface area (Å²) >= 11 is 0. The average Bonchev–Trinajstić information content (AvgIpc) is 2.10. The molecule has 0 bridgehead atoms. The van der Waals surface area contributed by atoms with Gasteiger partial charge in [-0.15, -0.1) is 0 Å². The van der Waals surface area contributed by atoms with Crippen LogP contribution in [0.15, 0.2) is 18.5 Å². The summed E-state index contributed by atoms with van der Waals surface area (Å²) in [6.07, 6.45) is 2.93. The summed E-state index contributed by atoms with van der Waals surface area (Å²) in [6, 6.07) is 1.62. The number of primary amides is 1. The number of carbonyl (C=O) groups is 1. The first-order valence-electron chi connectivity index (χ1n) is 3.37. The number of rotatable bonds is 1. The lowest BCUT2D eigenvalue weighted by molar-refractivity contribution is 0.0990. The fourth-order valence-electron chi connectivity index (χ4n) is 0.426. The summed E-state index contributed by atoms with van der Waals surface area (Å²) < 4.78 is 0. The first-order chi connectivity index (χ1) is 5.30. The Morgan fingerprint density at radius 2 is 1.82 bits per heavy atom. The van der Waals surface area contributed by atoms with Crippen LogP contribution in [0.5, 0.6) is 0 Å². The van der Waals surface area contributed by atoms with Crippen molar-refractivity contribution in [2.75, 3.05) is 0 Å². The van der Waals surface area contributed by atoms with Crippen LogP contribution in [0.4, 0.5) is 0 Å². The first-order valence-corrected chi connectivity index (χ1v) is 3.37. The number of nitrogens with two attached hydrogens (primary N) is 1. The lowest BCUT2D eigenvalue weighted by atomic mass is 10.5. The first kappa shape index (κ1) is 9.55. The van der Waals surface area contributed by atoms with Gasteiger partial charge in [-0.25, -0.2) is 9.97 Å². The zero-order valence-electron chi connectivity index (χ0n) is 6.61. The van der Waals surface area contributed by atoms with Crippen LogP contribution in [0, 0.1) is 0 Å². The number of hydrogen-bond donors (Lipinski definition) is 1. The molecule has 0 spiro atoms. The van der Waals surface area contributed by atoms with Gasteiger partial charge in [0.25, 0.3) is 5.91 Å². The van der Waals surface area contributed by atoms with Crippen molar-refractivity contribution < 1.29 is 4.79 Å². The zero-order valence-corrected chi connectivity index (χ0v) is 6.61. The van der Waals surface area contributed by atoms with Crippen LogP contribution in [0.25, 0.3) is 0 Å². The van der Waals surface area contributed by atoms with Crippen LogP contribution in [-0.2, 0) is 0 Å². The van der Waals surface area contributed by atoms with Crippen molar-refractivity contribution in [2.45, 2.75) is 13.8 Å². The highest BCUT2D eigenvalue weighted by molar-refractivity contribution is 5.88. The van der Waals surface area contributed by atoms with Crippen LogP contribution in [-0.4, -0.2) is 15.9 Å². The molecule has 0 fully saturated rings. The summed E-state index contributed by atoms with van der Waals surface area (Å²) in [5, 5.41) is 0. The van der Waals surface area contributed by atoms with E-state index in [4.69, 9.17) is 5.73 Å². The summed E-state index contributed by atoms with van der Waals surface area (Å²) in [4.78, 5) is 17.5. The van der Waals surface area contributed by atoms with Gasteiger partial charge in [-0.2, -0.15) is 0 Å². The van der Waals surface area contributed by atoms with Gasteiger partial charge in [0.15, 0.2) is 0 Å². The molecule has 0 radical (unpaired) electrons. The van der Waals surface area contributed by atoms with Gasteiger partial charge in [-0.05, 0) is 6.07 Å². The third-order valence-electron chi connectivity index (χ3n) is 0.786. The minimum absolute atomic E-state index is 0.0532.